The lowest BCUT2D eigenvalue weighted by Gasteiger charge is -2.22. The Morgan fingerprint density at radius 3 is 2.95 bits per heavy atom. The topological polar surface area (TPSA) is 41.7 Å². The van der Waals surface area contributed by atoms with Crippen LogP contribution in [0.4, 0.5) is 0 Å². The summed E-state index contributed by atoms with van der Waals surface area (Å²) >= 11 is 0. The molecule has 2 unspecified atom stereocenters. The van der Waals surface area contributed by atoms with Gasteiger partial charge in [0, 0.05) is 23.5 Å². The van der Waals surface area contributed by atoms with E-state index >= 15 is 0 Å². The van der Waals surface area contributed by atoms with Crippen LogP contribution in [-0.2, 0) is 0 Å². The van der Waals surface area contributed by atoms with Crippen molar-refractivity contribution >= 4 is 6.21 Å². The Morgan fingerprint density at radius 2 is 2.24 bits per heavy atom. The number of aliphatic hydroxyl groups excluding tert-OH is 1. The van der Waals surface area contributed by atoms with Gasteiger partial charge < -0.3 is 14.6 Å². The SMILES string of the molecule is CC[N+](C)=Cc1ccc(OC)c2c1C1C=CC(O)C[C@@H]1O2. The first-order valence-electron chi connectivity index (χ1n) is 7.43. The van der Waals surface area contributed by atoms with Crippen molar-refractivity contribution in [1.82, 2.24) is 0 Å². The highest BCUT2D eigenvalue weighted by Crippen LogP contribution is 2.48. The quantitative estimate of drug-likeness (QED) is 0.525. The highest BCUT2D eigenvalue weighted by atomic mass is 16.5. The number of rotatable bonds is 3. The summed E-state index contributed by atoms with van der Waals surface area (Å²) in [5, 5.41) is 9.80. The molecular weight excluding hydrogens is 266 g/mol. The van der Waals surface area contributed by atoms with Crippen LogP contribution in [0, 0.1) is 0 Å². The van der Waals surface area contributed by atoms with Gasteiger partial charge in [-0.25, -0.2) is 4.58 Å². The van der Waals surface area contributed by atoms with Crippen LogP contribution in [0.25, 0.3) is 0 Å². The standard InChI is InChI=1S/C17H22NO3/c1-4-18(2)10-11-5-8-14(20-3)17-16(11)13-7-6-12(19)9-15(13)21-17/h5-8,10,12-13,15,19H,4,9H2,1-3H3/q+1/t12?,13?,15-/m0/s1. The lowest BCUT2D eigenvalue weighted by Crippen LogP contribution is -2.27. The van der Waals surface area contributed by atoms with Crippen LogP contribution >= 0.6 is 0 Å². The minimum Gasteiger partial charge on any atom is -0.493 e. The molecule has 4 heteroatoms. The lowest BCUT2D eigenvalue weighted by atomic mass is 9.85. The predicted octanol–water partition coefficient (Wildman–Crippen LogP) is 1.94. The van der Waals surface area contributed by atoms with E-state index in [-0.39, 0.29) is 12.0 Å². The molecule has 2 aliphatic rings. The van der Waals surface area contributed by atoms with E-state index in [4.69, 9.17) is 9.47 Å². The van der Waals surface area contributed by atoms with E-state index in [1.807, 2.05) is 12.1 Å². The third-order valence-corrected chi connectivity index (χ3v) is 4.29. The molecule has 1 aromatic carbocycles. The second kappa shape index (κ2) is 5.53. The normalized spacial score (nSPS) is 27.0. The summed E-state index contributed by atoms with van der Waals surface area (Å²) in [5.41, 5.74) is 2.33. The van der Waals surface area contributed by atoms with Gasteiger partial charge in [0.2, 0.25) is 0 Å². The summed E-state index contributed by atoms with van der Waals surface area (Å²) in [5.74, 6) is 1.78. The average molecular weight is 288 g/mol. The second-order valence-corrected chi connectivity index (χ2v) is 5.67. The van der Waals surface area contributed by atoms with Crippen molar-refractivity contribution in [2.45, 2.75) is 31.5 Å². The minimum atomic E-state index is -0.419. The van der Waals surface area contributed by atoms with Gasteiger partial charge in [0.05, 0.1) is 13.2 Å². The maximum absolute atomic E-state index is 9.80. The van der Waals surface area contributed by atoms with Gasteiger partial charge in [-0.3, -0.25) is 0 Å². The van der Waals surface area contributed by atoms with Crippen LogP contribution in [0.15, 0.2) is 24.3 Å². The van der Waals surface area contributed by atoms with Crippen LogP contribution in [-0.4, -0.2) is 48.8 Å². The van der Waals surface area contributed by atoms with Crippen LogP contribution < -0.4 is 9.47 Å². The molecule has 0 amide bonds. The van der Waals surface area contributed by atoms with Gasteiger partial charge in [-0.2, -0.15) is 0 Å². The van der Waals surface area contributed by atoms with Crippen molar-refractivity contribution in [3.63, 3.8) is 0 Å². The summed E-state index contributed by atoms with van der Waals surface area (Å²) in [6.07, 6.45) is 6.28. The van der Waals surface area contributed by atoms with Gasteiger partial charge in [-0.15, -0.1) is 0 Å². The zero-order valence-corrected chi connectivity index (χ0v) is 12.7. The van der Waals surface area contributed by atoms with Crippen LogP contribution in [0.5, 0.6) is 11.5 Å². The molecule has 1 aromatic rings. The van der Waals surface area contributed by atoms with Crippen molar-refractivity contribution < 1.29 is 19.2 Å². The molecular formula is C17H22NO3+. The molecule has 21 heavy (non-hydrogen) atoms. The van der Waals surface area contributed by atoms with Gasteiger partial charge in [-0.05, 0) is 19.1 Å². The van der Waals surface area contributed by atoms with E-state index in [2.05, 4.69) is 36.9 Å². The molecule has 1 aliphatic carbocycles. The Bertz CT molecular complexity index is 606. The maximum atomic E-state index is 9.80. The van der Waals surface area contributed by atoms with Crippen LogP contribution in [0.2, 0.25) is 0 Å². The second-order valence-electron chi connectivity index (χ2n) is 5.67. The molecule has 0 spiro atoms. The molecule has 3 atom stereocenters. The van der Waals surface area contributed by atoms with Gasteiger partial charge in [-0.1, -0.05) is 12.2 Å². The summed E-state index contributed by atoms with van der Waals surface area (Å²) in [6.45, 7) is 3.07. The van der Waals surface area contributed by atoms with Gasteiger partial charge in [0.1, 0.15) is 19.7 Å². The number of nitrogens with zero attached hydrogens (tertiary/aromatic N) is 1. The summed E-state index contributed by atoms with van der Waals surface area (Å²) in [7, 11) is 3.72. The Balaban J connectivity index is 2.11. The molecule has 0 radical (unpaired) electrons. The molecule has 3 rings (SSSR count). The van der Waals surface area contributed by atoms with Gasteiger partial charge in [0.15, 0.2) is 17.7 Å². The minimum absolute atomic E-state index is 0.00428. The van der Waals surface area contributed by atoms with E-state index in [1.165, 1.54) is 5.56 Å². The Kier molecular flexibility index (Phi) is 3.72. The van der Waals surface area contributed by atoms with Crippen LogP contribution in [0.1, 0.15) is 30.4 Å². The molecule has 1 heterocycles. The van der Waals surface area contributed by atoms with E-state index in [1.54, 1.807) is 7.11 Å². The van der Waals surface area contributed by atoms with Gasteiger partial charge >= 0.3 is 0 Å². The number of fused-ring (bicyclic) bond motifs is 3. The summed E-state index contributed by atoms with van der Waals surface area (Å²) in [4.78, 5) is 0. The molecule has 4 nitrogen and oxygen atoms in total. The number of ether oxygens (including phenoxy) is 2. The van der Waals surface area contributed by atoms with Gasteiger partial charge in [0.25, 0.3) is 0 Å². The number of benzene rings is 1. The third kappa shape index (κ3) is 2.44. The van der Waals surface area contributed by atoms with E-state index in [0.717, 1.165) is 23.6 Å². The van der Waals surface area contributed by atoms with E-state index < -0.39 is 6.10 Å². The summed E-state index contributed by atoms with van der Waals surface area (Å²) < 4.78 is 13.7. The molecule has 0 saturated heterocycles. The van der Waals surface area contributed by atoms with Crippen molar-refractivity contribution in [2.75, 3.05) is 20.7 Å². The fourth-order valence-electron chi connectivity index (χ4n) is 3.05. The highest BCUT2D eigenvalue weighted by Gasteiger charge is 2.39. The van der Waals surface area contributed by atoms with E-state index in [0.29, 0.717) is 6.42 Å². The molecule has 0 saturated carbocycles. The Morgan fingerprint density at radius 1 is 1.43 bits per heavy atom. The number of methoxy groups -OCH3 is 1. The monoisotopic (exact) mass is 288 g/mol. The number of hydrogen-bond donors (Lipinski definition) is 1. The molecule has 1 aliphatic heterocycles. The third-order valence-electron chi connectivity index (χ3n) is 4.29. The van der Waals surface area contributed by atoms with Crippen molar-refractivity contribution in [1.29, 1.82) is 0 Å². The lowest BCUT2D eigenvalue weighted by molar-refractivity contribution is -0.488. The molecule has 0 aromatic heterocycles. The number of hydrogen-bond acceptors (Lipinski definition) is 3. The number of aliphatic hydroxyl groups is 1. The van der Waals surface area contributed by atoms with Crippen molar-refractivity contribution in [2.24, 2.45) is 0 Å². The summed E-state index contributed by atoms with van der Waals surface area (Å²) in [6, 6.07) is 4.03. The smallest absolute Gasteiger partial charge is 0.170 e. The fraction of sp³-hybridized carbons (Fsp3) is 0.471. The first-order chi connectivity index (χ1) is 10.1. The maximum Gasteiger partial charge on any atom is 0.170 e. The zero-order chi connectivity index (χ0) is 15.0. The molecule has 112 valence electrons. The zero-order valence-electron chi connectivity index (χ0n) is 12.7. The highest BCUT2D eigenvalue weighted by molar-refractivity contribution is 5.82. The first-order valence-corrected chi connectivity index (χ1v) is 7.43. The molecule has 0 bridgehead atoms. The Labute approximate surface area is 125 Å². The van der Waals surface area contributed by atoms with Crippen molar-refractivity contribution in [3.8, 4) is 11.5 Å². The van der Waals surface area contributed by atoms with E-state index in [9.17, 15) is 5.11 Å². The van der Waals surface area contributed by atoms with Crippen molar-refractivity contribution in [3.05, 3.63) is 35.4 Å². The predicted molar refractivity (Wildman–Crippen MR) is 81.8 cm³/mol. The average Bonchev–Trinajstić information content (AvgIpc) is 2.86. The largest absolute Gasteiger partial charge is 0.493 e. The molecule has 1 N–H and O–H groups in total. The fourth-order valence-corrected chi connectivity index (χ4v) is 3.05. The Hall–Kier alpha value is -1.81. The first kappa shape index (κ1) is 14.1. The van der Waals surface area contributed by atoms with Crippen LogP contribution in [0.3, 0.4) is 0 Å². The molecule has 0 fully saturated rings.